The van der Waals surface area contributed by atoms with Gasteiger partial charge in [0.25, 0.3) is 0 Å². The van der Waals surface area contributed by atoms with Gasteiger partial charge < -0.3 is 9.47 Å². The van der Waals surface area contributed by atoms with Gasteiger partial charge in [-0.05, 0) is 12.8 Å². The third-order valence-corrected chi connectivity index (χ3v) is 2.90. The molecule has 0 spiro atoms. The van der Waals surface area contributed by atoms with Crippen LogP contribution in [0.3, 0.4) is 0 Å². The van der Waals surface area contributed by atoms with Gasteiger partial charge in [0.2, 0.25) is 0 Å². The van der Waals surface area contributed by atoms with Crippen molar-refractivity contribution in [1.82, 2.24) is 0 Å². The third-order valence-electron chi connectivity index (χ3n) is 2.90. The average Bonchev–Trinajstić information content (AvgIpc) is 2.34. The highest BCUT2D eigenvalue weighted by Crippen LogP contribution is 2.09. The Morgan fingerprint density at radius 3 is 1.11 bits per heavy atom. The molecule has 112 valence electrons. The van der Waals surface area contributed by atoms with E-state index in [-0.39, 0.29) is 11.9 Å². The maximum atomic E-state index is 10.5. The van der Waals surface area contributed by atoms with Crippen LogP contribution < -0.4 is 0 Å². The molecule has 0 radical (unpaired) electrons. The van der Waals surface area contributed by atoms with Gasteiger partial charge in [-0.15, -0.1) is 0 Å². The molecule has 0 saturated heterocycles. The zero-order valence-electron chi connectivity index (χ0n) is 12.4. The van der Waals surface area contributed by atoms with Crippen molar-refractivity contribution >= 4 is 11.9 Å². The number of ether oxygens (including phenoxy) is 2. The molecule has 19 heavy (non-hydrogen) atoms. The van der Waals surface area contributed by atoms with Crippen molar-refractivity contribution in [2.24, 2.45) is 0 Å². The van der Waals surface area contributed by atoms with Crippen LogP contribution >= 0.6 is 0 Å². The molecule has 0 aliphatic heterocycles. The Kier molecular flexibility index (Phi) is 12.6. The van der Waals surface area contributed by atoms with Crippen LogP contribution in [0.2, 0.25) is 0 Å². The minimum Gasteiger partial charge on any atom is -0.466 e. The van der Waals surface area contributed by atoms with Crippen LogP contribution in [-0.2, 0) is 19.1 Å². The van der Waals surface area contributed by atoms with Gasteiger partial charge in [-0.25, -0.2) is 0 Å². The molecule has 0 bridgehead atoms. The van der Waals surface area contributed by atoms with Crippen molar-refractivity contribution in [3.63, 3.8) is 0 Å². The molecule has 0 rings (SSSR count). The zero-order chi connectivity index (χ0) is 14.3. The van der Waals surface area contributed by atoms with Gasteiger partial charge in [-0.3, -0.25) is 9.59 Å². The molecule has 0 heterocycles. The van der Waals surface area contributed by atoms with E-state index in [1.165, 1.54) is 46.0 Å². The van der Waals surface area contributed by atoms with Crippen molar-refractivity contribution < 1.29 is 19.1 Å². The summed E-state index contributed by atoms with van der Waals surface area (Å²) in [4.78, 5) is 21.0. The zero-order valence-corrected chi connectivity index (χ0v) is 12.4. The fourth-order valence-corrected chi connectivity index (χ4v) is 1.87. The van der Waals surface area contributed by atoms with Crippen molar-refractivity contribution in [2.75, 3.05) is 13.2 Å². The Hall–Kier alpha value is -1.06. The van der Waals surface area contributed by atoms with Crippen LogP contribution in [0.1, 0.15) is 71.6 Å². The molecule has 0 aromatic rings. The highest BCUT2D eigenvalue weighted by molar-refractivity contribution is 5.66. The van der Waals surface area contributed by atoms with Crippen LogP contribution in [0, 0.1) is 0 Å². The van der Waals surface area contributed by atoms with Gasteiger partial charge in [-0.1, -0.05) is 44.9 Å². The number of rotatable bonds is 12. The summed E-state index contributed by atoms with van der Waals surface area (Å²) in [5, 5.41) is 0. The van der Waals surface area contributed by atoms with Crippen LogP contribution in [-0.4, -0.2) is 25.2 Å². The van der Waals surface area contributed by atoms with Crippen molar-refractivity contribution in [3.8, 4) is 0 Å². The Morgan fingerprint density at radius 2 is 0.842 bits per heavy atom. The standard InChI is InChI=1S/C15H28O4/c1-14(16)18-12-10-8-6-4-3-5-7-9-11-13-19-15(2)17/h3-13H2,1-2H3. The number of esters is 2. The van der Waals surface area contributed by atoms with Crippen LogP contribution in [0.5, 0.6) is 0 Å². The molecule has 0 N–H and O–H groups in total. The Morgan fingerprint density at radius 1 is 0.579 bits per heavy atom. The predicted octanol–water partition coefficient (Wildman–Crippen LogP) is 3.62. The normalized spacial score (nSPS) is 10.2. The maximum Gasteiger partial charge on any atom is 0.302 e. The van der Waals surface area contributed by atoms with Crippen LogP contribution in [0.15, 0.2) is 0 Å². The Balaban J connectivity index is 2.99. The van der Waals surface area contributed by atoms with E-state index in [9.17, 15) is 9.59 Å². The molecular formula is C15H28O4. The molecule has 0 fully saturated rings. The summed E-state index contributed by atoms with van der Waals surface area (Å²) in [6, 6.07) is 0. The molecule has 0 amide bonds. The predicted molar refractivity (Wildman–Crippen MR) is 74.8 cm³/mol. The maximum absolute atomic E-state index is 10.5. The van der Waals surface area contributed by atoms with E-state index in [0.29, 0.717) is 13.2 Å². The summed E-state index contributed by atoms with van der Waals surface area (Å²) in [5.41, 5.74) is 0. The first-order valence-electron chi connectivity index (χ1n) is 7.39. The molecule has 0 aromatic carbocycles. The first kappa shape index (κ1) is 17.9. The van der Waals surface area contributed by atoms with E-state index in [1.54, 1.807) is 0 Å². The molecule has 0 saturated carbocycles. The lowest BCUT2D eigenvalue weighted by Gasteiger charge is -2.03. The number of carbonyl (C=O) groups is 2. The SMILES string of the molecule is CC(=O)OCCCCCCCCCCCOC(C)=O. The van der Waals surface area contributed by atoms with E-state index in [0.717, 1.165) is 25.7 Å². The summed E-state index contributed by atoms with van der Waals surface area (Å²) in [7, 11) is 0. The quantitative estimate of drug-likeness (QED) is 0.402. The minimum absolute atomic E-state index is 0.186. The van der Waals surface area contributed by atoms with Crippen molar-refractivity contribution in [1.29, 1.82) is 0 Å². The molecule has 4 heteroatoms. The summed E-state index contributed by atoms with van der Waals surface area (Å²) < 4.78 is 9.73. The topological polar surface area (TPSA) is 52.6 Å². The summed E-state index contributed by atoms with van der Waals surface area (Å²) in [6.45, 7) is 4.01. The van der Waals surface area contributed by atoms with Gasteiger partial charge >= 0.3 is 11.9 Å². The lowest BCUT2D eigenvalue weighted by molar-refractivity contribution is -0.142. The lowest BCUT2D eigenvalue weighted by Crippen LogP contribution is -2.00. The summed E-state index contributed by atoms with van der Waals surface area (Å²) >= 11 is 0. The first-order chi connectivity index (χ1) is 9.13. The second-order valence-corrected chi connectivity index (χ2v) is 4.86. The van der Waals surface area contributed by atoms with Gasteiger partial charge in [0.05, 0.1) is 13.2 Å². The minimum atomic E-state index is -0.186. The fourth-order valence-electron chi connectivity index (χ4n) is 1.87. The van der Waals surface area contributed by atoms with Gasteiger partial charge in [-0.2, -0.15) is 0 Å². The first-order valence-corrected chi connectivity index (χ1v) is 7.39. The molecule has 0 atom stereocenters. The summed E-state index contributed by atoms with van der Waals surface area (Å²) in [5.74, 6) is -0.373. The van der Waals surface area contributed by atoms with Gasteiger partial charge in [0.1, 0.15) is 0 Å². The molecule has 0 aliphatic rings. The largest absolute Gasteiger partial charge is 0.466 e. The second-order valence-electron chi connectivity index (χ2n) is 4.86. The Labute approximate surface area is 116 Å². The van der Waals surface area contributed by atoms with Crippen molar-refractivity contribution in [3.05, 3.63) is 0 Å². The van der Waals surface area contributed by atoms with E-state index in [2.05, 4.69) is 0 Å². The van der Waals surface area contributed by atoms with Crippen molar-refractivity contribution in [2.45, 2.75) is 71.6 Å². The monoisotopic (exact) mass is 272 g/mol. The molecule has 0 unspecified atom stereocenters. The van der Waals surface area contributed by atoms with Crippen LogP contribution in [0.25, 0.3) is 0 Å². The van der Waals surface area contributed by atoms with E-state index < -0.39 is 0 Å². The number of hydrogen-bond acceptors (Lipinski definition) is 4. The van der Waals surface area contributed by atoms with Crippen LogP contribution in [0.4, 0.5) is 0 Å². The number of unbranched alkanes of at least 4 members (excludes halogenated alkanes) is 8. The number of hydrogen-bond donors (Lipinski definition) is 0. The average molecular weight is 272 g/mol. The smallest absolute Gasteiger partial charge is 0.302 e. The van der Waals surface area contributed by atoms with Gasteiger partial charge in [0, 0.05) is 13.8 Å². The molecule has 4 nitrogen and oxygen atoms in total. The highest BCUT2D eigenvalue weighted by Gasteiger charge is 1.96. The van der Waals surface area contributed by atoms with E-state index in [4.69, 9.17) is 9.47 Å². The molecular weight excluding hydrogens is 244 g/mol. The second kappa shape index (κ2) is 13.4. The van der Waals surface area contributed by atoms with E-state index >= 15 is 0 Å². The Bertz CT molecular complexity index is 214. The fraction of sp³-hybridized carbons (Fsp3) is 0.867. The van der Waals surface area contributed by atoms with E-state index in [1.807, 2.05) is 0 Å². The van der Waals surface area contributed by atoms with Gasteiger partial charge in [0.15, 0.2) is 0 Å². The molecule has 0 aromatic heterocycles. The highest BCUT2D eigenvalue weighted by atomic mass is 16.5. The third kappa shape index (κ3) is 16.9. The summed E-state index contributed by atoms with van der Waals surface area (Å²) in [6.07, 6.45) is 10.4. The number of carbonyl (C=O) groups excluding carboxylic acids is 2. The lowest BCUT2D eigenvalue weighted by atomic mass is 10.1. The molecule has 0 aliphatic carbocycles.